The summed E-state index contributed by atoms with van der Waals surface area (Å²) in [7, 11) is 1.65. The van der Waals surface area contributed by atoms with Crippen molar-refractivity contribution in [3.8, 4) is 28.1 Å². The average molecular weight is 585 g/mol. The van der Waals surface area contributed by atoms with Crippen molar-refractivity contribution in [2.24, 2.45) is 0 Å². The highest BCUT2D eigenvalue weighted by Gasteiger charge is 2.11. The molecule has 2 amide bonds. The van der Waals surface area contributed by atoms with Crippen molar-refractivity contribution in [2.45, 2.75) is 6.54 Å². The molecule has 0 unspecified atom stereocenters. The molecular formula is C34H28N6O4. The molecule has 44 heavy (non-hydrogen) atoms. The number of methoxy groups -OCH3 is 1. The molecule has 218 valence electrons. The summed E-state index contributed by atoms with van der Waals surface area (Å²) in [6.45, 7) is 0.171. The summed E-state index contributed by atoms with van der Waals surface area (Å²) in [6.07, 6.45) is 0.631. The van der Waals surface area contributed by atoms with Crippen LogP contribution in [0, 0.1) is 0 Å². The quantitative estimate of drug-likeness (QED) is 0.146. The first-order valence-corrected chi connectivity index (χ1v) is 13.8. The van der Waals surface area contributed by atoms with E-state index in [1.54, 1.807) is 54.2 Å². The molecule has 10 nitrogen and oxygen atoms in total. The Morgan fingerprint density at radius 2 is 1.55 bits per heavy atom. The summed E-state index contributed by atoms with van der Waals surface area (Å²) in [6, 6.07) is 34.1. The van der Waals surface area contributed by atoms with E-state index >= 15 is 0 Å². The third-order valence-electron chi connectivity index (χ3n) is 7.02. The molecule has 4 N–H and O–H groups in total. The molecule has 6 rings (SSSR count). The number of ether oxygens (including phenoxy) is 1. The molecule has 0 atom stereocenters. The first-order chi connectivity index (χ1) is 21.4. The second kappa shape index (κ2) is 12.4. The molecule has 2 aromatic heterocycles. The fourth-order valence-electron chi connectivity index (χ4n) is 4.72. The van der Waals surface area contributed by atoms with Gasteiger partial charge in [-0.25, -0.2) is 14.3 Å². The number of nitrogens with zero attached hydrogens (tertiary/aromatic N) is 3. The van der Waals surface area contributed by atoms with Crippen molar-refractivity contribution in [3.05, 3.63) is 127 Å². The maximum absolute atomic E-state index is 12.7. The van der Waals surface area contributed by atoms with E-state index in [0.29, 0.717) is 17.2 Å². The second-order valence-corrected chi connectivity index (χ2v) is 9.95. The summed E-state index contributed by atoms with van der Waals surface area (Å²) in [4.78, 5) is 28.3. The van der Waals surface area contributed by atoms with Gasteiger partial charge in [0.25, 0.3) is 5.91 Å². The zero-order chi connectivity index (χ0) is 30.5. The summed E-state index contributed by atoms with van der Waals surface area (Å²) in [5.41, 5.74) is 7.41. The van der Waals surface area contributed by atoms with Crippen molar-refractivity contribution in [1.82, 2.24) is 19.9 Å². The highest BCUT2D eigenvalue weighted by molar-refractivity contribution is 6.04. The fourth-order valence-corrected chi connectivity index (χ4v) is 4.72. The van der Waals surface area contributed by atoms with Crippen LogP contribution in [-0.4, -0.2) is 38.8 Å². The zero-order valence-corrected chi connectivity index (χ0v) is 23.7. The monoisotopic (exact) mass is 584 g/mol. The molecule has 6 aromatic rings. The fraction of sp³-hybridized carbons (Fsp3) is 0.0588. The highest BCUT2D eigenvalue weighted by Crippen LogP contribution is 2.29. The number of anilines is 3. The minimum Gasteiger partial charge on any atom is -0.497 e. The van der Waals surface area contributed by atoms with Crippen molar-refractivity contribution < 1.29 is 19.4 Å². The summed E-state index contributed by atoms with van der Waals surface area (Å²) in [5, 5.41) is 21.7. The lowest BCUT2D eigenvalue weighted by atomic mass is 10.0. The number of hydrogen-bond acceptors (Lipinski definition) is 6. The first-order valence-electron chi connectivity index (χ1n) is 13.8. The number of benzene rings is 4. The minimum absolute atomic E-state index is 0.171. The maximum Gasteiger partial charge on any atom is 0.404 e. The Morgan fingerprint density at radius 3 is 2.27 bits per heavy atom. The smallest absolute Gasteiger partial charge is 0.404 e. The SMILES string of the molecule is COc1ccc(-c2cccc(-c3cc4ccnn4c(Nc4ccc(NC(=O)c5ccc(CNC(=O)O)cc5)cc4)n3)c2)cc1. The molecule has 2 heterocycles. The van der Waals surface area contributed by atoms with Crippen LogP contribution in [0.3, 0.4) is 0 Å². The molecule has 0 aliphatic heterocycles. The molecule has 0 saturated carbocycles. The van der Waals surface area contributed by atoms with Crippen molar-refractivity contribution in [2.75, 3.05) is 17.7 Å². The van der Waals surface area contributed by atoms with Gasteiger partial charge in [0.15, 0.2) is 0 Å². The van der Waals surface area contributed by atoms with Gasteiger partial charge in [0.1, 0.15) is 5.75 Å². The molecule has 4 aromatic carbocycles. The molecule has 0 radical (unpaired) electrons. The Morgan fingerprint density at radius 1 is 0.818 bits per heavy atom. The Balaban J connectivity index is 1.18. The predicted octanol–water partition coefficient (Wildman–Crippen LogP) is 6.84. The van der Waals surface area contributed by atoms with Crippen LogP contribution in [0.15, 0.2) is 115 Å². The van der Waals surface area contributed by atoms with Crippen LogP contribution in [0.2, 0.25) is 0 Å². The zero-order valence-electron chi connectivity index (χ0n) is 23.7. The molecule has 0 aliphatic carbocycles. The van der Waals surface area contributed by atoms with Crippen molar-refractivity contribution in [1.29, 1.82) is 0 Å². The number of amides is 2. The maximum atomic E-state index is 12.7. The van der Waals surface area contributed by atoms with Crippen molar-refractivity contribution in [3.63, 3.8) is 0 Å². The molecule has 0 bridgehead atoms. The number of rotatable bonds is 9. The topological polar surface area (TPSA) is 130 Å². The van der Waals surface area contributed by atoms with Gasteiger partial charge in [0.2, 0.25) is 5.95 Å². The van der Waals surface area contributed by atoms with Crippen LogP contribution in [0.4, 0.5) is 22.1 Å². The average Bonchev–Trinajstić information content (AvgIpc) is 3.54. The Labute approximate surface area is 253 Å². The van der Waals surface area contributed by atoms with Gasteiger partial charge < -0.3 is 25.8 Å². The molecule has 0 fully saturated rings. The number of fused-ring (bicyclic) bond motifs is 1. The third kappa shape index (κ3) is 6.34. The standard InChI is InChI=1S/C34H28N6O4/c1-44-30-15-9-23(10-16-30)25-3-2-4-26(19-25)31-20-29-17-18-36-40(29)33(39-31)38-28-13-11-27(12-14-28)37-32(41)24-7-5-22(6-8-24)21-35-34(42)43/h2-20,35H,21H2,1H3,(H,37,41)(H,38,39)(H,42,43). The van der Waals surface area contributed by atoms with Gasteiger partial charge in [-0.2, -0.15) is 5.10 Å². The van der Waals surface area contributed by atoms with Gasteiger partial charge in [0.05, 0.1) is 24.5 Å². The molecule has 0 saturated heterocycles. The molecule has 0 aliphatic rings. The molecular weight excluding hydrogens is 556 g/mol. The van der Waals surface area contributed by atoms with Gasteiger partial charge in [0, 0.05) is 29.0 Å². The van der Waals surface area contributed by atoms with E-state index in [9.17, 15) is 9.59 Å². The van der Waals surface area contributed by atoms with Gasteiger partial charge in [-0.3, -0.25) is 4.79 Å². The van der Waals surface area contributed by atoms with E-state index < -0.39 is 6.09 Å². The Hall–Kier alpha value is -6.16. The van der Waals surface area contributed by atoms with Crippen LogP contribution in [0.1, 0.15) is 15.9 Å². The number of aromatic nitrogens is 3. The minimum atomic E-state index is -1.10. The van der Waals surface area contributed by atoms with Crippen LogP contribution in [0.5, 0.6) is 5.75 Å². The largest absolute Gasteiger partial charge is 0.497 e. The van der Waals surface area contributed by atoms with Crippen LogP contribution < -0.4 is 20.7 Å². The normalized spacial score (nSPS) is 10.8. The number of nitrogens with one attached hydrogen (secondary N) is 3. The Bertz CT molecular complexity index is 1930. The van der Waals surface area contributed by atoms with Gasteiger partial charge >= 0.3 is 6.09 Å². The first kappa shape index (κ1) is 28.0. The molecule has 10 heteroatoms. The van der Waals surface area contributed by atoms with E-state index in [4.69, 9.17) is 14.8 Å². The van der Waals surface area contributed by atoms with E-state index in [0.717, 1.165) is 44.9 Å². The number of carbonyl (C=O) groups is 2. The van der Waals surface area contributed by atoms with Crippen LogP contribution >= 0.6 is 0 Å². The van der Waals surface area contributed by atoms with E-state index in [2.05, 4.69) is 33.2 Å². The van der Waals surface area contributed by atoms with Gasteiger partial charge in [-0.05, 0) is 83.4 Å². The lowest BCUT2D eigenvalue weighted by molar-refractivity contribution is 0.102. The van der Waals surface area contributed by atoms with Crippen LogP contribution in [0.25, 0.3) is 27.9 Å². The third-order valence-corrected chi connectivity index (χ3v) is 7.02. The Kier molecular flexibility index (Phi) is 7.87. The van der Waals surface area contributed by atoms with E-state index in [-0.39, 0.29) is 12.5 Å². The van der Waals surface area contributed by atoms with E-state index in [1.807, 2.05) is 60.7 Å². The summed E-state index contributed by atoms with van der Waals surface area (Å²) >= 11 is 0. The predicted molar refractivity (Wildman–Crippen MR) is 169 cm³/mol. The van der Waals surface area contributed by atoms with E-state index in [1.165, 1.54) is 0 Å². The van der Waals surface area contributed by atoms with Crippen LogP contribution in [-0.2, 0) is 6.54 Å². The number of carboxylic acid groups (broad SMARTS) is 1. The van der Waals surface area contributed by atoms with Gasteiger partial charge in [-0.1, -0.05) is 42.5 Å². The highest BCUT2D eigenvalue weighted by atomic mass is 16.5. The summed E-state index contributed by atoms with van der Waals surface area (Å²) in [5.74, 6) is 1.09. The summed E-state index contributed by atoms with van der Waals surface area (Å²) < 4.78 is 7.03. The lowest BCUT2D eigenvalue weighted by Gasteiger charge is -2.12. The number of hydrogen-bond donors (Lipinski definition) is 4. The number of carbonyl (C=O) groups excluding carboxylic acids is 1. The van der Waals surface area contributed by atoms with Gasteiger partial charge in [-0.15, -0.1) is 0 Å². The second-order valence-electron chi connectivity index (χ2n) is 9.95. The van der Waals surface area contributed by atoms with Crippen molar-refractivity contribution >= 4 is 34.8 Å². The molecule has 0 spiro atoms. The lowest BCUT2D eigenvalue weighted by Crippen LogP contribution is -2.20.